The van der Waals surface area contributed by atoms with Gasteiger partial charge in [-0.1, -0.05) is 37.5 Å². The van der Waals surface area contributed by atoms with Crippen molar-refractivity contribution in [1.29, 1.82) is 0 Å². The number of rotatable bonds is 7. The summed E-state index contributed by atoms with van der Waals surface area (Å²) < 4.78 is 59.4. The van der Waals surface area contributed by atoms with Gasteiger partial charge in [0.05, 0.1) is 21.6 Å². The molecule has 0 saturated heterocycles. The molecule has 1 saturated carbocycles. The van der Waals surface area contributed by atoms with Crippen LogP contribution in [-0.2, 0) is 16.4 Å². The molecule has 10 heteroatoms. The van der Waals surface area contributed by atoms with Gasteiger partial charge in [-0.2, -0.15) is 0 Å². The maximum atomic E-state index is 14.7. The molecular weight excluding hydrogens is 603 g/mol. The molecule has 0 spiro atoms. The highest BCUT2D eigenvalue weighted by Crippen LogP contribution is 2.38. The Kier molecular flexibility index (Phi) is 12.1. The molecule has 1 amide bonds. The van der Waals surface area contributed by atoms with Crippen molar-refractivity contribution in [2.75, 3.05) is 20.4 Å². The lowest BCUT2D eigenvalue weighted by atomic mass is 9.93. The molecule has 1 heterocycles. The zero-order valence-corrected chi connectivity index (χ0v) is 27.0. The lowest BCUT2D eigenvalue weighted by molar-refractivity contribution is 0.0617. The van der Waals surface area contributed by atoms with Gasteiger partial charge in [0, 0.05) is 29.8 Å². The average molecular weight is 641 g/mol. The van der Waals surface area contributed by atoms with Crippen LogP contribution in [0.15, 0.2) is 59.5 Å². The fraction of sp³-hybridized carbons (Fsp3) is 0.324. The Morgan fingerprint density at radius 1 is 1.00 bits per heavy atom. The van der Waals surface area contributed by atoms with Crippen LogP contribution in [-0.4, -0.2) is 45.7 Å². The quantitative estimate of drug-likeness (QED) is 0.213. The molecule has 3 aromatic carbocycles. The summed E-state index contributed by atoms with van der Waals surface area (Å²) in [6.07, 6.45) is 14.0. The molecule has 44 heavy (non-hydrogen) atoms. The maximum absolute atomic E-state index is 14.7. The van der Waals surface area contributed by atoms with Crippen molar-refractivity contribution >= 4 is 37.2 Å². The number of amides is 1. The van der Waals surface area contributed by atoms with E-state index in [4.69, 9.17) is 4.74 Å². The number of thiophene rings is 1. The summed E-state index contributed by atoms with van der Waals surface area (Å²) in [5.74, 6) is -0.740. The molecule has 6 nitrogen and oxygen atoms in total. The molecule has 0 aliphatic heterocycles. The fourth-order valence-corrected chi connectivity index (χ4v) is 7.39. The maximum Gasteiger partial charge on any atom is 0.264 e. The molecule has 1 aromatic heterocycles. The molecule has 0 atom stereocenters. The van der Waals surface area contributed by atoms with Crippen LogP contribution in [0.2, 0.25) is 0 Å². The van der Waals surface area contributed by atoms with Crippen molar-refractivity contribution in [1.82, 2.24) is 4.90 Å². The molecule has 1 fully saturated rings. The minimum Gasteiger partial charge on any atom is -0.496 e. The number of benzene rings is 3. The van der Waals surface area contributed by atoms with Crippen LogP contribution in [0.25, 0.3) is 21.2 Å². The van der Waals surface area contributed by atoms with Gasteiger partial charge in [-0.05, 0) is 79.9 Å². The Bertz CT molecular complexity index is 1740. The highest BCUT2D eigenvalue weighted by Gasteiger charge is 2.31. The summed E-state index contributed by atoms with van der Waals surface area (Å²) in [6, 6.07) is 14.5. The summed E-state index contributed by atoms with van der Waals surface area (Å²) in [7, 11) is -0.316. The monoisotopic (exact) mass is 640 g/mol. The van der Waals surface area contributed by atoms with E-state index in [1.54, 1.807) is 32.2 Å². The molecular formula is C34H38F2N2O4S2. The molecule has 0 unspecified atom stereocenters. The summed E-state index contributed by atoms with van der Waals surface area (Å²) >= 11 is 0.995. The highest BCUT2D eigenvalue weighted by molar-refractivity contribution is 7.90. The van der Waals surface area contributed by atoms with Crippen LogP contribution in [0, 0.1) is 31.4 Å². The Labute approximate surface area is 262 Å². The first-order valence-corrected chi connectivity index (χ1v) is 16.9. The average Bonchev–Trinajstić information content (AvgIpc) is 3.41. The molecule has 234 valence electrons. The van der Waals surface area contributed by atoms with Gasteiger partial charge >= 0.3 is 0 Å². The number of carbonyl (C=O) groups is 1. The largest absolute Gasteiger partial charge is 0.496 e. The number of halogens is 2. The van der Waals surface area contributed by atoms with Crippen LogP contribution < -0.4 is 10.5 Å². The van der Waals surface area contributed by atoms with Crippen LogP contribution >= 0.6 is 11.3 Å². The lowest BCUT2D eigenvalue weighted by Crippen LogP contribution is -2.41. The first-order valence-electron chi connectivity index (χ1n) is 14.1. The van der Waals surface area contributed by atoms with E-state index in [0.29, 0.717) is 16.2 Å². The van der Waals surface area contributed by atoms with Crippen molar-refractivity contribution in [2.24, 2.45) is 5.73 Å². The third-order valence-electron chi connectivity index (χ3n) is 7.67. The van der Waals surface area contributed by atoms with Crippen LogP contribution in [0.3, 0.4) is 0 Å². The van der Waals surface area contributed by atoms with Crippen LogP contribution in [0.4, 0.5) is 8.78 Å². The number of fused-ring (bicyclic) bond motifs is 1. The SMILES string of the molecule is C#C.CN.COc1ccc(-c2cccc(S(C)(=O)=O)c2)cc1CN(C(=O)c1sc2c(F)ccc(F)c2c1C)C1CCCCC1. The number of carbonyl (C=O) groups excluding carboxylic acids is 1. The van der Waals surface area contributed by atoms with Gasteiger partial charge < -0.3 is 15.4 Å². The summed E-state index contributed by atoms with van der Waals surface area (Å²) in [4.78, 5) is 16.5. The number of sulfone groups is 1. The van der Waals surface area contributed by atoms with Gasteiger partial charge in [0.2, 0.25) is 0 Å². The first-order chi connectivity index (χ1) is 21.1. The van der Waals surface area contributed by atoms with Crippen molar-refractivity contribution in [2.45, 2.75) is 56.5 Å². The van der Waals surface area contributed by atoms with Gasteiger partial charge in [0.25, 0.3) is 5.91 Å². The van der Waals surface area contributed by atoms with E-state index >= 15 is 0 Å². The van der Waals surface area contributed by atoms with Gasteiger partial charge in [-0.3, -0.25) is 4.79 Å². The number of hydrogen-bond donors (Lipinski definition) is 1. The topological polar surface area (TPSA) is 89.7 Å². The predicted molar refractivity (Wildman–Crippen MR) is 175 cm³/mol. The fourth-order valence-electron chi connectivity index (χ4n) is 5.54. The molecule has 0 radical (unpaired) electrons. The Balaban J connectivity index is 0.00000127. The van der Waals surface area contributed by atoms with E-state index in [1.807, 2.05) is 29.2 Å². The second kappa shape index (κ2) is 15.3. The van der Waals surface area contributed by atoms with Gasteiger partial charge in [-0.15, -0.1) is 24.2 Å². The highest BCUT2D eigenvalue weighted by atomic mass is 32.2. The Hall–Kier alpha value is -3.78. The van der Waals surface area contributed by atoms with Crippen LogP contribution in [0.5, 0.6) is 5.75 Å². The second-order valence-electron chi connectivity index (χ2n) is 10.3. The molecule has 2 N–H and O–H groups in total. The Morgan fingerprint density at radius 2 is 1.64 bits per heavy atom. The van der Waals surface area contributed by atoms with E-state index in [9.17, 15) is 22.0 Å². The standard InChI is InChI=1S/C31H31F2NO4S2.C2H2.CH5N/c1-19-28-25(32)13-14-26(33)30(28)39-29(19)31(35)34(23-9-5-4-6-10-23)18-22-16-21(12-15-27(22)38-2)20-8-7-11-24(17-20)40(3,36)37;2*1-2/h7-8,11-17,23H,4-6,9-10,18H2,1-3H3;1-2H;2H2,1H3. The minimum atomic E-state index is -3.38. The molecule has 1 aliphatic carbocycles. The number of ether oxygens (including phenoxy) is 1. The Morgan fingerprint density at radius 3 is 2.25 bits per heavy atom. The van der Waals surface area contributed by atoms with E-state index in [1.165, 1.54) is 13.3 Å². The lowest BCUT2D eigenvalue weighted by Gasteiger charge is -2.35. The van der Waals surface area contributed by atoms with E-state index in [0.717, 1.165) is 72.3 Å². The summed E-state index contributed by atoms with van der Waals surface area (Å²) in [6.45, 7) is 1.91. The number of nitrogens with zero attached hydrogens (tertiary/aromatic N) is 1. The molecule has 0 bridgehead atoms. The first kappa shape index (κ1) is 34.7. The van der Waals surface area contributed by atoms with Crippen molar-refractivity contribution in [3.63, 3.8) is 0 Å². The molecule has 4 aromatic rings. The van der Waals surface area contributed by atoms with Gasteiger partial charge in [0.1, 0.15) is 17.4 Å². The zero-order valence-electron chi connectivity index (χ0n) is 25.4. The van der Waals surface area contributed by atoms with Gasteiger partial charge in [0.15, 0.2) is 9.84 Å². The third-order valence-corrected chi connectivity index (χ3v) is 10.1. The second-order valence-corrected chi connectivity index (χ2v) is 13.4. The smallest absolute Gasteiger partial charge is 0.264 e. The number of terminal acetylenes is 1. The molecule has 5 rings (SSSR count). The third kappa shape index (κ3) is 7.46. The number of nitrogens with two attached hydrogens (primary N) is 1. The summed E-state index contributed by atoms with van der Waals surface area (Å²) in [5, 5.41) is 0.155. The number of methoxy groups -OCH3 is 1. The predicted octanol–water partition coefficient (Wildman–Crippen LogP) is 7.37. The van der Waals surface area contributed by atoms with Crippen molar-refractivity contribution in [3.8, 4) is 29.7 Å². The van der Waals surface area contributed by atoms with E-state index in [2.05, 4.69) is 18.6 Å². The van der Waals surface area contributed by atoms with Gasteiger partial charge in [-0.25, -0.2) is 17.2 Å². The summed E-state index contributed by atoms with van der Waals surface area (Å²) in [5.41, 5.74) is 7.23. The normalized spacial score (nSPS) is 13.3. The number of hydrogen-bond acceptors (Lipinski definition) is 6. The zero-order chi connectivity index (χ0) is 32.6. The molecule has 1 aliphatic rings. The number of aryl methyl sites for hydroxylation is 1. The van der Waals surface area contributed by atoms with Crippen molar-refractivity contribution < 1.29 is 26.7 Å². The minimum absolute atomic E-state index is 0.0255. The van der Waals surface area contributed by atoms with E-state index < -0.39 is 21.5 Å². The van der Waals surface area contributed by atoms with Crippen molar-refractivity contribution in [3.05, 3.63) is 82.2 Å². The van der Waals surface area contributed by atoms with E-state index in [-0.39, 0.29) is 33.5 Å². The van der Waals surface area contributed by atoms with Crippen LogP contribution in [0.1, 0.15) is 52.9 Å².